The molecule has 1 fully saturated rings. The summed E-state index contributed by atoms with van der Waals surface area (Å²) < 4.78 is 15.6. The number of rotatable bonds is 4. The van der Waals surface area contributed by atoms with Crippen LogP contribution in [0.3, 0.4) is 0 Å². The average Bonchev–Trinajstić information content (AvgIpc) is 2.54. The van der Waals surface area contributed by atoms with Gasteiger partial charge in [0.25, 0.3) is 0 Å². The fraction of sp³-hybridized carbons (Fsp3) is 0.619. The Labute approximate surface area is 157 Å². The van der Waals surface area contributed by atoms with Crippen LogP contribution in [0.15, 0.2) is 18.2 Å². The summed E-state index contributed by atoms with van der Waals surface area (Å²) in [5.41, 5.74) is 2.81. The lowest BCUT2D eigenvalue weighted by molar-refractivity contribution is -0.203. The van der Waals surface area contributed by atoms with E-state index in [1.165, 1.54) is 30.7 Å². The van der Waals surface area contributed by atoms with Gasteiger partial charge in [-0.25, -0.2) is 4.79 Å². The first-order chi connectivity index (χ1) is 12.2. The molecule has 1 aromatic rings. The number of carbonyl (C=O) groups excluding carboxylic acids is 2. The lowest BCUT2D eigenvalue weighted by atomic mass is 9.81. The van der Waals surface area contributed by atoms with E-state index in [2.05, 4.69) is 39.0 Å². The van der Waals surface area contributed by atoms with Crippen molar-refractivity contribution in [1.82, 2.24) is 0 Å². The molecular weight excluding hydrogens is 332 g/mol. The number of methoxy groups -OCH3 is 1. The molecule has 0 aliphatic heterocycles. The number of carbonyl (C=O) groups is 2. The third-order valence-electron chi connectivity index (χ3n) is 4.38. The molecule has 26 heavy (non-hydrogen) atoms. The number of esters is 2. The monoisotopic (exact) mass is 364 g/mol. The largest absolute Gasteiger partial charge is 0.463 e. The number of hydrogen-bond donors (Lipinski definition) is 0. The lowest BCUT2D eigenvalue weighted by Crippen LogP contribution is -2.56. The second kappa shape index (κ2) is 10.3. The Bertz CT molecular complexity index is 560. The van der Waals surface area contributed by atoms with Gasteiger partial charge >= 0.3 is 11.9 Å². The quantitative estimate of drug-likeness (QED) is 0.754. The minimum absolute atomic E-state index is 0.262. The summed E-state index contributed by atoms with van der Waals surface area (Å²) >= 11 is 0. The van der Waals surface area contributed by atoms with Crippen LogP contribution in [0.2, 0.25) is 0 Å². The van der Waals surface area contributed by atoms with Gasteiger partial charge in [0.1, 0.15) is 6.10 Å². The second-order valence-corrected chi connectivity index (χ2v) is 6.84. The van der Waals surface area contributed by atoms with Gasteiger partial charge in [-0.15, -0.1) is 0 Å². The number of aryl methyl sites for hydroxylation is 3. The van der Waals surface area contributed by atoms with Gasteiger partial charge in [-0.3, -0.25) is 4.79 Å². The molecule has 5 nitrogen and oxygen atoms in total. The van der Waals surface area contributed by atoms with Crippen LogP contribution in [0.5, 0.6) is 0 Å². The molecule has 1 aliphatic rings. The zero-order valence-electron chi connectivity index (χ0n) is 16.9. The molecule has 1 aliphatic carbocycles. The van der Waals surface area contributed by atoms with Crippen molar-refractivity contribution in [3.63, 3.8) is 0 Å². The van der Waals surface area contributed by atoms with Gasteiger partial charge in [0.05, 0.1) is 6.61 Å². The Morgan fingerprint density at radius 1 is 1.08 bits per heavy atom. The van der Waals surface area contributed by atoms with Crippen molar-refractivity contribution in [2.24, 2.45) is 0 Å². The molecule has 0 heterocycles. The zero-order valence-corrected chi connectivity index (χ0v) is 16.9. The Morgan fingerprint density at radius 2 is 1.62 bits per heavy atom. The molecule has 1 aromatic carbocycles. The Hall–Kier alpha value is -1.88. The third-order valence-corrected chi connectivity index (χ3v) is 4.38. The molecule has 5 heteroatoms. The molecule has 146 valence electrons. The number of benzene rings is 1. The van der Waals surface area contributed by atoms with Crippen LogP contribution in [0.1, 0.15) is 56.2 Å². The first kappa shape index (κ1) is 22.2. The van der Waals surface area contributed by atoms with Crippen molar-refractivity contribution in [3.05, 3.63) is 34.9 Å². The van der Waals surface area contributed by atoms with Crippen molar-refractivity contribution in [2.75, 3.05) is 13.7 Å². The SMILES string of the molecule is CCOC(=O)C1(OC(C)=O)CCCCC1OC.Cc1cc(C)cc(C)c1. The summed E-state index contributed by atoms with van der Waals surface area (Å²) in [5.74, 6) is -0.983. The summed E-state index contributed by atoms with van der Waals surface area (Å²) in [6.45, 7) is 9.66. The highest BCUT2D eigenvalue weighted by atomic mass is 16.6. The third kappa shape index (κ3) is 6.13. The van der Waals surface area contributed by atoms with Gasteiger partial charge < -0.3 is 14.2 Å². The van der Waals surface area contributed by atoms with Crippen LogP contribution in [-0.4, -0.2) is 37.4 Å². The van der Waals surface area contributed by atoms with Crippen LogP contribution in [0.25, 0.3) is 0 Å². The molecule has 2 atom stereocenters. The maximum absolute atomic E-state index is 12.0. The van der Waals surface area contributed by atoms with Crippen LogP contribution in [0.4, 0.5) is 0 Å². The molecule has 0 radical (unpaired) electrons. The molecule has 2 unspecified atom stereocenters. The van der Waals surface area contributed by atoms with Crippen LogP contribution in [0, 0.1) is 20.8 Å². The zero-order chi connectivity index (χ0) is 19.7. The summed E-state index contributed by atoms with van der Waals surface area (Å²) in [5, 5.41) is 0. The van der Waals surface area contributed by atoms with Crippen molar-refractivity contribution in [2.45, 2.75) is 72.0 Å². The molecule has 0 aromatic heterocycles. The van der Waals surface area contributed by atoms with E-state index in [0.717, 1.165) is 12.8 Å². The van der Waals surface area contributed by atoms with Gasteiger partial charge in [-0.2, -0.15) is 0 Å². The van der Waals surface area contributed by atoms with Crippen LogP contribution >= 0.6 is 0 Å². The minimum atomic E-state index is -1.26. The van der Waals surface area contributed by atoms with E-state index < -0.39 is 23.6 Å². The van der Waals surface area contributed by atoms with Crippen LogP contribution < -0.4 is 0 Å². The summed E-state index contributed by atoms with van der Waals surface area (Å²) in [4.78, 5) is 23.2. The normalized spacial score (nSPS) is 22.0. The molecule has 0 saturated heterocycles. The fourth-order valence-corrected chi connectivity index (χ4v) is 3.52. The number of hydrogen-bond acceptors (Lipinski definition) is 5. The topological polar surface area (TPSA) is 61.8 Å². The van der Waals surface area contributed by atoms with Gasteiger partial charge in [0.2, 0.25) is 5.60 Å². The van der Waals surface area contributed by atoms with Gasteiger partial charge in [-0.05, 0) is 40.5 Å². The maximum atomic E-state index is 12.0. The van der Waals surface area contributed by atoms with Crippen molar-refractivity contribution in [3.8, 4) is 0 Å². The highest BCUT2D eigenvalue weighted by Crippen LogP contribution is 2.35. The molecule has 1 saturated carbocycles. The first-order valence-electron chi connectivity index (χ1n) is 9.19. The molecule has 0 bridgehead atoms. The molecule has 0 N–H and O–H groups in total. The average molecular weight is 364 g/mol. The smallest absolute Gasteiger partial charge is 0.353 e. The molecule has 2 rings (SSSR count). The summed E-state index contributed by atoms with van der Waals surface area (Å²) in [6.07, 6.45) is 2.53. The minimum Gasteiger partial charge on any atom is -0.463 e. The Morgan fingerprint density at radius 3 is 2.04 bits per heavy atom. The van der Waals surface area contributed by atoms with Gasteiger partial charge in [-0.1, -0.05) is 41.3 Å². The maximum Gasteiger partial charge on any atom is 0.353 e. The van der Waals surface area contributed by atoms with E-state index in [4.69, 9.17) is 14.2 Å². The van der Waals surface area contributed by atoms with Crippen molar-refractivity contribution in [1.29, 1.82) is 0 Å². The fourth-order valence-electron chi connectivity index (χ4n) is 3.52. The summed E-state index contributed by atoms with van der Waals surface area (Å²) in [7, 11) is 1.52. The van der Waals surface area contributed by atoms with Gasteiger partial charge in [0, 0.05) is 20.5 Å². The molecule has 0 spiro atoms. The van der Waals surface area contributed by atoms with E-state index >= 15 is 0 Å². The number of ether oxygens (including phenoxy) is 3. The lowest BCUT2D eigenvalue weighted by Gasteiger charge is -2.39. The van der Waals surface area contributed by atoms with E-state index in [1.54, 1.807) is 6.92 Å². The Balaban J connectivity index is 0.000000314. The van der Waals surface area contributed by atoms with Gasteiger partial charge in [0.15, 0.2) is 0 Å². The standard InChI is InChI=1S/C12H20O5.C9H12/c1-4-16-11(14)12(17-9(2)13)8-6-5-7-10(12)15-3;1-7-4-8(2)6-9(3)5-7/h10H,4-8H2,1-3H3;4-6H,1-3H3. The first-order valence-corrected chi connectivity index (χ1v) is 9.19. The van der Waals surface area contributed by atoms with Crippen molar-refractivity contribution < 1.29 is 23.8 Å². The van der Waals surface area contributed by atoms with E-state index in [-0.39, 0.29) is 6.61 Å². The van der Waals surface area contributed by atoms with Crippen LogP contribution in [-0.2, 0) is 23.8 Å². The predicted octanol–water partition coefficient (Wildman–Crippen LogP) is 4.05. The van der Waals surface area contributed by atoms with Crippen molar-refractivity contribution >= 4 is 11.9 Å². The highest BCUT2D eigenvalue weighted by molar-refractivity contribution is 5.84. The van der Waals surface area contributed by atoms with E-state index in [0.29, 0.717) is 12.8 Å². The summed E-state index contributed by atoms with van der Waals surface area (Å²) in [6, 6.07) is 6.56. The molecule has 0 amide bonds. The predicted molar refractivity (Wildman–Crippen MR) is 101 cm³/mol. The second-order valence-electron chi connectivity index (χ2n) is 6.84. The highest BCUT2D eigenvalue weighted by Gasteiger charge is 2.52. The van der Waals surface area contributed by atoms with E-state index in [9.17, 15) is 9.59 Å². The Kier molecular flexibility index (Phi) is 8.79. The molecular formula is C21H32O5. The van der Waals surface area contributed by atoms with E-state index in [1.807, 2.05) is 0 Å².